The molecule has 29 heavy (non-hydrogen) atoms. The smallest absolute Gasteiger partial charge is 0.187 e. The molecule has 0 fully saturated rings. The van der Waals surface area contributed by atoms with E-state index >= 15 is 0 Å². The minimum atomic E-state index is 0.233. The molecular weight excluding hydrogens is 378 g/mol. The highest BCUT2D eigenvalue weighted by atomic mass is 17.7. The minimum Gasteiger partial charge on any atom is -0.497 e. The Bertz CT molecular complexity index is 984. The molecule has 10 heteroatoms. The number of nitrogens with one attached hydrogen (secondary N) is 1. The van der Waals surface area contributed by atoms with Gasteiger partial charge in [0.1, 0.15) is 11.4 Å². The first-order valence-corrected chi connectivity index (χ1v) is 8.70. The Morgan fingerprint density at radius 2 is 2.03 bits per heavy atom. The van der Waals surface area contributed by atoms with Crippen LogP contribution in [0.4, 0.5) is 0 Å². The summed E-state index contributed by atoms with van der Waals surface area (Å²) in [6.07, 6.45) is 6.70. The molecule has 0 aliphatic carbocycles. The third-order valence-corrected chi connectivity index (χ3v) is 3.74. The van der Waals surface area contributed by atoms with E-state index in [1.54, 1.807) is 31.4 Å². The van der Waals surface area contributed by atoms with Crippen LogP contribution < -0.4 is 21.1 Å². The maximum Gasteiger partial charge on any atom is 0.187 e. The summed E-state index contributed by atoms with van der Waals surface area (Å²) in [7, 11) is 1.61. The van der Waals surface area contributed by atoms with Crippen LogP contribution in [0.3, 0.4) is 0 Å². The van der Waals surface area contributed by atoms with Crippen molar-refractivity contribution in [1.82, 2.24) is 15.0 Å². The predicted octanol–water partition coefficient (Wildman–Crippen LogP) is 2.51. The van der Waals surface area contributed by atoms with Gasteiger partial charge in [0, 0.05) is 22.3 Å². The maximum atomic E-state index is 5.39. The van der Waals surface area contributed by atoms with Gasteiger partial charge in [-0.25, -0.2) is 9.97 Å². The normalized spacial score (nSPS) is 11.9. The van der Waals surface area contributed by atoms with Crippen LogP contribution in [0.15, 0.2) is 60.6 Å². The lowest BCUT2D eigenvalue weighted by Crippen LogP contribution is -2.02. The van der Waals surface area contributed by atoms with Gasteiger partial charge in [0.15, 0.2) is 17.3 Å². The van der Waals surface area contributed by atoms with Crippen LogP contribution in [0.2, 0.25) is 0 Å². The Morgan fingerprint density at radius 1 is 1.17 bits per heavy atom. The van der Waals surface area contributed by atoms with Gasteiger partial charge in [0.25, 0.3) is 0 Å². The molecule has 0 unspecified atom stereocenters. The third kappa shape index (κ3) is 5.45. The van der Waals surface area contributed by atoms with Crippen molar-refractivity contribution in [3.05, 3.63) is 60.6 Å². The van der Waals surface area contributed by atoms with E-state index in [4.69, 9.17) is 26.0 Å². The quantitative estimate of drug-likeness (QED) is 0.154. The fourth-order valence-electron chi connectivity index (χ4n) is 2.32. The first-order valence-electron chi connectivity index (χ1n) is 8.70. The zero-order valence-electron chi connectivity index (χ0n) is 15.7. The van der Waals surface area contributed by atoms with Gasteiger partial charge in [-0.2, -0.15) is 0 Å². The van der Waals surface area contributed by atoms with Crippen molar-refractivity contribution in [3.63, 3.8) is 0 Å². The number of aromatic amines is 1. The minimum absolute atomic E-state index is 0.233. The standard InChI is InChI=1S/C19H21N5O5/c1-25-13-5-7-16-18(10-13)24-19(23-16)17-8-6-15(12-22-17)27-29-28-26-14(11-21)4-2-3-9-20/h2,4-8,10-12H,3,9,20-21H2,1H3,(H,23,24)/b4-2-,14-11+. The third-order valence-electron chi connectivity index (χ3n) is 3.74. The number of aromatic nitrogens is 3. The lowest BCUT2D eigenvalue weighted by Gasteiger charge is -2.04. The number of allylic oxidation sites excluding steroid dienone is 1. The molecule has 2 heterocycles. The number of rotatable bonds is 10. The summed E-state index contributed by atoms with van der Waals surface area (Å²) in [6.45, 7) is 0.514. The van der Waals surface area contributed by atoms with Crippen LogP contribution in [0, 0.1) is 0 Å². The number of nitrogens with two attached hydrogens (primary N) is 2. The highest BCUT2D eigenvalue weighted by molar-refractivity contribution is 5.80. The molecule has 0 spiro atoms. The molecule has 0 saturated carbocycles. The number of fused-ring (bicyclic) bond motifs is 1. The molecule has 5 N–H and O–H groups in total. The summed E-state index contributed by atoms with van der Waals surface area (Å²) in [5.41, 5.74) is 13.1. The van der Waals surface area contributed by atoms with Gasteiger partial charge in [0.05, 0.1) is 24.3 Å². The van der Waals surface area contributed by atoms with Crippen molar-refractivity contribution in [2.24, 2.45) is 11.5 Å². The highest BCUT2D eigenvalue weighted by Gasteiger charge is 2.08. The Hall–Kier alpha value is -3.60. The number of methoxy groups -OCH3 is 1. The van der Waals surface area contributed by atoms with Crippen molar-refractivity contribution in [2.75, 3.05) is 13.7 Å². The van der Waals surface area contributed by atoms with Crippen LogP contribution in [0.5, 0.6) is 11.5 Å². The molecule has 1 aromatic carbocycles. The molecule has 3 rings (SSSR count). The van der Waals surface area contributed by atoms with Crippen LogP contribution >= 0.6 is 0 Å². The van der Waals surface area contributed by atoms with Crippen LogP contribution in [0.25, 0.3) is 22.6 Å². The van der Waals surface area contributed by atoms with Gasteiger partial charge >= 0.3 is 0 Å². The molecule has 0 amide bonds. The number of benzene rings is 1. The lowest BCUT2D eigenvalue weighted by molar-refractivity contribution is -0.595. The summed E-state index contributed by atoms with van der Waals surface area (Å²) in [6, 6.07) is 8.93. The van der Waals surface area contributed by atoms with Crippen molar-refractivity contribution >= 4 is 11.0 Å². The van der Waals surface area contributed by atoms with E-state index in [1.165, 1.54) is 12.4 Å². The van der Waals surface area contributed by atoms with E-state index in [1.807, 2.05) is 18.2 Å². The second-order valence-electron chi connectivity index (χ2n) is 5.70. The molecule has 2 aromatic heterocycles. The zero-order chi connectivity index (χ0) is 20.5. The van der Waals surface area contributed by atoms with Crippen LogP contribution in [-0.4, -0.2) is 28.6 Å². The molecule has 0 atom stereocenters. The van der Waals surface area contributed by atoms with E-state index < -0.39 is 0 Å². The molecule has 10 nitrogen and oxygen atoms in total. The van der Waals surface area contributed by atoms with Crippen molar-refractivity contribution in [2.45, 2.75) is 6.42 Å². The lowest BCUT2D eigenvalue weighted by atomic mass is 10.3. The second kappa shape index (κ2) is 10.1. The topological polar surface area (TPSA) is 140 Å². The Kier molecular flexibility index (Phi) is 7.00. The largest absolute Gasteiger partial charge is 0.497 e. The van der Waals surface area contributed by atoms with Gasteiger partial charge in [-0.05, 0) is 43.3 Å². The molecule has 0 aliphatic rings. The first kappa shape index (κ1) is 20.1. The number of H-pyrrole nitrogens is 1. The van der Waals surface area contributed by atoms with Crippen LogP contribution in [0.1, 0.15) is 6.42 Å². The van der Waals surface area contributed by atoms with Gasteiger partial charge in [-0.15, -0.1) is 0 Å². The SMILES string of the molecule is COc1ccc2nc(-c3ccc(OOOOC(/C=C\CCN)=C/N)cn3)[nH]c2c1. The van der Waals surface area contributed by atoms with Gasteiger partial charge in [-0.1, -0.05) is 6.08 Å². The zero-order valence-corrected chi connectivity index (χ0v) is 15.7. The van der Waals surface area contributed by atoms with Gasteiger partial charge in [0.2, 0.25) is 0 Å². The van der Waals surface area contributed by atoms with Crippen molar-refractivity contribution in [1.29, 1.82) is 0 Å². The number of hydrogen-bond acceptors (Lipinski definition) is 9. The summed E-state index contributed by atoms with van der Waals surface area (Å²) in [5, 5.41) is 9.01. The van der Waals surface area contributed by atoms with E-state index in [9.17, 15) is 0 Å². The Balaban J connectivity index is 1.54. The number of ether oxygens (including phenoxy) is 1. The van der Waals surface area contributed by atoms with E-state index in [2.05, 4.69) is 25.0 Å². The number of nitrogens with zero attached hydrogens (tertiary/aromatic N) is 2. The fraction of sp³-hybridized carbons (Fsp3) is 0.158. The molecule has 0 bridgehead atoms. The molecule has 0 radical (unpaired) electrons. The van der Waals surface area contributed by atoms with E-state index in [-0.39, 0.29) is 5.76 Å². The molecule has 0 aliphatic heterocycles. The maximum absolute atomic E-state index is 5.39. The second-order valence-corrected chi connectivity index (χ2v) is 5.70. The summed E-state index contributed by atoms with van der Waals surface area (Å²) < 4.78 is 5.21. The monoisotopic (exact) mass is 399 g/mol. The van der Waals surface area contributed by atoms with Gasteiger partial charge < -0.3 is 31.0 Å². The Labute approximate surface area is 166 Å². The molecule has 3 aromatic rings. The predicted molar refractivity (Wildman–Crippen MR) is 105 cm³/mol. The number of hydrogen-bond donors (Lipinski definition) is 3. The van der Waals surface area contributed by atoms with Crippen LogP contribution in [-0.2, 0) is 15.0 Å². The first-order chi connectivity index (χ1) is 14.2. The van der Waals surface area contributed by atoms with E-state index in [0.717, 1.165) is 16.8 Å². The molecule has 0 saturated heterocycles. The number of imidazole rings is 1. The molecular formula is C19H21N5O5. The number of pyridine rings is 1. The van der Waals surface area contributed by atoms with Crippen molar-refractivity contribution < 1.29 is 24.6 Å². The average molecular weight is 399 g/mol. The summed E-state index contributed by atoms with van der Waals surface area (Å²) >= 11 is 0. The molecule has 152 valence electrons. The summed E-state index contributed by atoms with van der Waals surface area (Å²) in [5.74, 6) is 1.89. The van der Waals surface area contributed by atoms with Gasteiger partial charge in [-0.3, -0.25) is 0 Å². The Morgan fingerprint density at radius 3 is 2.76 bits per heavy atom. The van der Waals surface area contributed by atoms with Crippen molar-refractivity contribution in [3.8, 4) is 23.0 Å². The average Bonchev–Trinajstić information content (AvgIpc) is 3.19. The van der Waals surface area contributed by atoms with E-state index in [0.29, 0.717) is 30.2 Å². The fourth-order valence-corrected chi connectivity index (χ4v) is 2.32. The highest BCUT2D eigenvalue weighted by Crippen LogP contribution is 2.23. The summed E-state index contributed by atoms with van der Waals surface area (Å²) in [4.78, 5) is 21.7.